The molecule has 3 rings (SSSR count). The highest BCUT2D eigenvalue weighted by molar-refractivity contribution is 7.88. The predicted octanol–water partition coefficient (Wildman–Crippen LogP) is 1.37. The van der Waals surface area contributed by atoms with Gasteiger partial charge < -0.3 is 4.90 Å². The summed E-state index contributed by atoms with van der Waals surface area (Å²) in [5.74, 6) is 0.849. The molecule has 2 fully saturated rings. The summed E-state index contributed by atoms with van der Waals surface area (Å²) in [5.41, 5.74) is 1.06. The summed E-state index contributed by atoms with van der Waals surface area (Å²) in [5, 5.41) is 0. The highest BCUT2D eigenvalue weighted by Gasteiger charge is 2.23. The summed E-state index contributed by atoms with van der Waals surface area (Å²) in [4.78, 5) is 13.9. The van der Waals surface area contributed by atoms with E-state index in [1.807, 2.05) is 12.3 Å². The molecule has 8 heteroatoms. The van der Waals surface area contributed by atoms with Crippen LogP contribution >= 0.6 is 0 Å². The summed E-state index contributed by atoms with van der Waals surface area (Å²) in [7, 11) is -3.11. The van der Waals surface area contributed by atoms with Crippen LogP contribution in [0.25, 0.3) is 0 Å². The molecule has 2 aliphatic rings. The van der Waals surface area contributed by atoms with Gasteiger partial charge in [0.25, 0.3) is 0 Å². The molecule has 0 unspecified atom stereocenters. The number of likely N-dealkylation sites (tertiary alicyclic amines) is 1. The number of aromatic nitrogens is 2. The molecule has 0 radical (unpaired) electrons. The van der Waals surface area contributed by atoms with Gasteiger partial charge in [-0.15, -0.1) is 0 Å². The quantitative estimate of drug-likeness (QED) is 0.784. The van der Waals surface area contributed by atoms with Crippen LogP contribution in [0.2, 0.25) is 0 Å². The smallest absolute Gasteiger partial charge is 0.225 e. The molecule has 1 aromatic rings. The Hall–Kier alpha value is -1.25. The van der Waals surface area contributed by atoms with Gasteiger partial charge in [-0.2, -0.15) is 0 Å². The van der Waals surface area contributed by atoms with E-state index in [2.05, 4.69) is 19.5 Å². The van der Waals surface area contributed by atoms with Crippen LogP contribution in [-0.2, 0) is 16.6 Å². The minimum atomic E-state index is -3.11. The molecule has 3 heterocycles. The number of hydrogen-bond acceptors (Lipinski definition) is 6. The first kappa shape index (κ1) is 18.5. The number of anilines is 1. The first-order valence-corrected chi connectivity index (χ1v) is 11.2. The fourth-order valence-corrected chi connectivity index (χ4v) is 4.24. The molecular weight excluding hydrogens is 338 g/mol. The van der Waals surface area contributed by atoms with Crippen molar-refractivity contribution in [1.82, 2.24) is 19.6 Å². The molecule has 2 saturated heterocycles. The van der Waals surface area contributed by atoms with Crippen LogP contribution in [0.4, 0.5) is 5.95 Å². The molecule has 0 saturated carbocycles. The molecular formula is C17H29N5O2S. The van der Waals surface area contributed by atoms with Gasteiger partial charge in [0.05, 0.1) is 11.9 Å². The monoisotopic (exact) mass is 367 g/mol. The molecule has 1 aromatic heterocycles. The molecule has 0 bridgehead atoms. The third-order valence-electron chi connectivity index (χ3n) is 5.05. The number of nitrogens with one attached hydrogen (secondary N) is 1. The van der Waals surface area contributed by atoms with Crippen molar-refractivity contribution in [2.24, 2.45) is 0 Å². The summed E-state index contributed by atoms with van der Waals surface area (Å²) in [6, 6.07) is 2.41. The second-order valence-electron chi connectivity index (χ2n) is 7.12. The van der Waals surface area contributed by atoms with Crippen LogP contribution in [0, 0.1) is 0 Å². The Bertz CT molecular complexity index is 661. The van der Waals surface area contributed by atoms with Gasteiger partial charge in [0, 0.05) is 38.4 Å². The van der Waals surface area contributed by atoms with E-state index in [0.29, 0.717) is 12.6 Å². The third-order valence-corrected chi connectivity index (χ3v) is 5.77. The zero-order chi connectivity index (χ0) is 17.7. The van der Waals surface area contributed by atoms with Crippen LogP contribution in [0.5, 0.6) is 0 Å². The van der Waals surface area contributed by atoms with Crippen molar-refractivity contribution in [1.29, 1.82) is 0 Å². The van der Waals surface area contributed by atoms with E-state index in [1.54, 1.807) is 0 Å². The van der Waals surface area contributed by atoms with Gasteiger partial charge in [0.1, 0.15) is 0 Å². The van der Waals surface area contributed by atoms with E-state index in [1.165, 1.54) is 31.9 Å². The van der Waals surface area contributed by atoms with E-state index in [4.69, 9.17) is 4.98 Å². The van der Waals surface area contributed by atoms with Crippen LogP contribution in [0.3, 0.4) is 0 Å². The lowest BCUT2D eigenvalue weighted by molar-refractivity contribution is 0.131. The normalized spacial score (nSPS) is 22.4. The van der Waals surface area contributed by atoms with Crippen LogP contribution in [0.15, 0.2) is 12.3 Å². The van der Waals surface area contributed by atoms with Gasteiger partial charge in [-0.05, 0) is 44.7 Å². The lowest BCUT2D eigenvalue weighted by atomic mass is 9.99. The zero-order valence-corrected chi connectivity index (χ0v) is 15.8. The Morgan fingerprint density at radius 3 is 2.72 bits per heavy atom. The van der Waals surface area contributed by atoms with Crippen molar-refractivity contribution >= 4 is 16.0 Å². The number of hydrogen-bond donors (Lipinski definition) is 1. The predicted molar refractivity (Wildman–Crippen MR) is 99.0 cm³/mol. The third kappa shape index (κ3) is 5.62. The Morgan fingerprint density at radius 2 is 1.96 bits per heavy atom. The molecule has 2 aliphatic heterocycles. The SMILES string of the molecule is CS(=O)(=O)NCC[C@H]1CCCCN1Cc1ccnc(N2CCCC2)n1. The lowest BCUT2D eigenvalue weighted by Crippen LogP contribution is -2.41. The fraction of sp³-hybridized carbons (Fsp3) is 0.765. The molecule has 140 valence electrons. The summed E-state index contributed by atoms with van der Waals surface area (Å²) in [6.45, 7) is 4.46. The van der Waals surface area contributed by atoms with Crippen molar-refractivity contribution in [3.63, 3.8) is 0 Å². The van der Waals surface area contributed by atoms with Crippen LogP contribution < -0.4 is 9.62 Å². The van der Waals surface area contributed by atoms with E-state index < -0.39 is 10.0 Å². The fourth-order valence-electron chi connectivity index (χ4n) is 3.76. The number of piperidine rings is 1. The molecule has 0 aliphatic carbocycles. The van der Waals surface area contributed by atoms with Gasteiger partial charge in [0.15, 0.2) is 0 Å². The largest absolute Gasteiger partial charge is 0.341 e. The first-order chi connectivity index (χ1) is 12.0. The molecule has 1 N–H and O–H groups in total. The minimum absolute atomic E-state index is 0.410. The van der Waals surface area contributed by atoms with Gasteiger partial charge in [0.2, 0.25) is 16.0 Å². The molecule has 0 aromatic carbocycles. The van der Waals surface area contributed by atoms with Crippen LogP contribution in [-0.4, -0.2) is 61.8 Å². The van der Waals surface area contributed by atoms with Crippen molar-refractivity contribution in [3.05, 3.63) is 18.0 Å². The lowest BCUT2D eigenvalue weighted by Gasteiger charge is -2.35. The first-order valence-electron chi connectivity index (χ1n) is 9.27. The average Bonchev–Trinajstić information content (AvgIpc) is 3.10. The van der Waals surface area contributed by atoms with E-state index in [9.17, 15) is 8.42 Å². The van der Waals surface area contributed by atoms with Crippen molar-refractivity contribution in [2.75, 3.05) is 37.3 Å². The Morgan fingerprint density at radius 1 is 1.20 bits per heavy atom. The van der Waals surface area contributed by atoms with Gasteiger partial charge in [-0.25, -0.2) is 23.1 Å². The number of sulfonamides is 1. The van der Waals surface area contributed by atoms with Crippen molar-refractivity contribution in [2.45, 2.75) is 51.1 Å². The van der Waals surface area contributed by atoms with Gasteiger partial charge >= 0.3 is 0 Å². The maximum Gasteiger partial charge on any atom is 0.225 e. The topological polar surface area (TPSA) is 78.4 Å². The van der Waals surface area contributed by atoms with E-state index in [0.717, 1.165) is 50.7 Å². The molecule has 7 nitrogen and oxygen atoms in total. The molecule has 0 amide bonds. The number of rotatable bonds is 7. The minimum Gasteiger partial charge on any atom is -0.341 e. The maximum atomic E-state index is 11.3. The van der Waals surface area contributed by atoms with Gasteiger partial charge in [-0.1, -0.05) is 6.42 Å². The maximum absolute atomic E-state index is 11.3. The summed E-state index contributed by atoms with van der Waals surface area (Å²) >= 11 is 0. The van der Waals surface area contributed by atoms with Gasteiger partial charge in [-0.3, -0.25) is 4.90 Å². The Labute approximate surface area is 150 Å². The molecule has 1 atom stereocenters. The number of nitrogens with zero attached hydrogens (tertiary/aromatic N) is 4. The van der Waals surface area contributed by atoms with Crippen molar-refractivity contribution in [3.8, 4) is 0 Å². The summed E-state index contributed by atoms with van der Waals surface area (Å²) in [6.07, 6.45) is 9.88. The molecule has 0 spiro atoms. The van der Waals surface area contributed by atoms with Crippen molar-refractivity contribution < 1.29 is 8.42 Å². The second-order valence-corrected chi connectivity index (χ2v) is 8.95. The second kappa shape index (κ2) is 8.42. The zero-order valence-electron chi connectivity index (χ0n) is 15.0. The average molecular weight is 368 g/mol. The standard InChI is InChI=1S/C17H29N5O2S/c1-25(23,24)19-10-8-16-6-2-3-13-22(16)14-15-7-9-18-17(20-15)21-11-4-5-12-21/h7,9,16,19H,2-6,8,10-14H2,1H3/t16-/m1/s1. The van der Waals surface area contributed by atoms with E-state index >= 15 is 0 Å². The van der Waals surface area contributed by atoms with Crippen LogP contribution in [0.1, 0.15) is 44.2 Å². The summed E-state index contributed by atoms with van der Waals surface area (Å²) < 4.78 is 25.1. The Kier molecular flexibility index (Phi) is 6.24. The van der Waals surface area contributed by atoms with E-state index in [-0.39, 0.29) is 0 Å². The highest BCUT2D eigenvalue weighted by atomic mass is 32.2. The Balaban J connectivity index is 1.60. The molecule has 25 heavy (non-hydrogen) atoms. The highest BCUT2D eigenvalue weighted by Crippen LogP contribution is 2.22.